The van der Waals surface area contributed by atoms with E-state index in [0.29, 0.717) is 38.2 Å². The van der Waals surface area contributed by atoms with Gasteiger partial charge < -0.3 is 24.5 Å². The molecule has 3 heterocycles. The molecule has 3 saturated heterocycles. The number of nitrogens with zero attached hydrogens (tertiary/aromatic N) is 5. The Labute approximate surface area is 244 Å². The number of amides is 3. The van der Waals surface area contributed by atoms with Crippen molar-refractivity contribution in [3.05, 3.63) is 65.7 Å². The van der Waals surface area contributed by atoms with E-state index >= 15 is 0 Å². The molecule has 220 valence electrons. The summed E-state index contributed by atoms with van der Waals surface area (Å²) in [5.41, 5.74) is 2.10. The van der Waals surface area contributed by atoms with E-state index in [0.717, 1.165) is 31.6 Å². The second kappa shape index (κ2) is 11.5. The van der Waals surface area contributed by atoms with E-state index in [-0.39, 0.29) is 35.7 Å². The smallest absolute Gasteiger partial charge is 0.253 e. The van der Waals surface area contributed by atoms with Crippen molar-refractivity contribution < 1.29 is 14.4 Å². The first-order chi connectivity index (χ1) is 19.5. The van der Waals surface area contributed by atoms with Gasteiger partial charge in [-0.05, 0) is 81.1 Å². The minimum atomic E-state index is -0.763. The quantitative estimate of drug-likeness (QED) is 0.557. The van der Waals surface area contributed by atoms with Crippen molar-refractivity contribution in [1.29, 1.82) is 0 Å². The maximum absolute atomic E-state index is 14.1. The molecule has 3 fully saturated rings. The van der Waals surface area contributed by atoms with Crippen LogP contribution in [0.15, 0.2) is 54.6 Å². The number of anilines is 1. The van der Waals surface area contributed by atoms with Gasteiger partial charge in [0.25, 0.3) is 11.8 Å². The number of para-hydroxylation sites is 1. The van der Waals surface area contributed by atoms with Gasteiger partial charge in [0, 0.05) is 37.4 Å². The van der Waals surface area contributed by atoms with Crippen LogP contribution in [0.25, 0.3) is 0 Å². The van der Waals surface area contributed by atoms with E-state index in [4.69, 9.17) is 0 Å². The SMILES string of the molecule is CN1CCC(N(C)C(=O)CN2CN(c3ccccc3)C3(CCN(C(=O)c4ccc(C(C)(C)C)cc4)CC3)C2=O)CC1. The Kier molecular flexibility index (Phi) is 8.15. The summed E-state index contributed by atoms with van der Waals surface area (Å²) in [4.78, 5) is 50.8. The normalized spacial score (nSPS) is 20.1. The lowest BCUT2D eigenvalue weighted by atomic mass is 9.84. The summed E-state index contributed by atoms with van der Waals surface area (Å²) in [5, 5.41) is 0. The van der Waals surface area contributed by atoms with Crippen LogP contribution >= 0.6 is 0 Å². The zero-order valence-corrected chi connectivity index (χ0v) is 25.3. The van der Waals surface area contributed by atoms with Crippen LogP contribution in [0.2, 0.25) is 0 Å². The van der Waals surface area contributed by atoms with Gasteiger partial charge in [-0.2, -0.15) is 0 Å². The zero-order chi connectivity index (χ0) is 29.4. The van der Waals surface area contributed by atoms with E-state index < -0.39 is 5.54 Å². The van der Waals surface area contributed by atoms with Crippen molar-refractivity contribution in [1.82, 2.24) is 19.6 Å². The molecule has 0 N–H and O–H groups in total. The highest BCUT2D eigenvalue weighted by atomic mass is 16.2. The van der Waals surface area contributed by atoms with Crippen LogP contribution in [-0.2, 0) is 15.0 Å². The van der Waals surface area contributed by atoms with Gasteiger partial charge in [-0.3, -0.25) is 14.4 Å². The van der Waals surface area contributed by atoms with Crippen LogP contribution in [-0.4, -0.2) is 102 Å². The minimum Gasteiger partial charge on any atom is -0.341 e. The summed E-state index contributed by atoms with van der Waals surface area (Å²) in [5.74, 6) is -0.0128. The van der Waals surface area contributed by atoms with Crippen LogP contribution in [0.5, 0.6) is 0 Å². The second-order valence-corrected chi connectivity index (χ2v) is 13.1. The summed E-state index contributed by atoms with van der Waals surface area (Å²) in [6.45, 7) is 9.88. The lowest BCUT2D eigenvalue weighted by Gasteiger charge is -2.43. The molecule has 3 aliphatic rings. The zero-order valence-electron chi connectivity index (χ0n) is 25.3. The molecular weight excluding hydrogens is 514 g/mol. The van der Waals surface area contributed by atoms with Gasteiger partial charge in [0.1, 0.15) is 12.1 Å². The van der Waals surface area contributed by atoms with Gasteiger partial charge in [0.05, 0.1) is 6.67 Å². The Morgan fingerprint density at radius 2 is 1.54 bits per heavy atom. The van der Waals surface area contributed by atoms with Gasteiger partial charge in [0.2, 0.25) is 5.91 Å². The van der Waals surface area contributed by atoms with Crippen LogP contribution < -0.4 is 4.90 Å². The third-order valence-corrected chi connectivity index (χ3v) is 9.41. The number of hydrogen-bond acceptors (Lipinski definition) is 5. The molecule has 5 rings (SSSR count). The van der Waals surface area contributed by atoms with E-state index in [1.54, 1.807) is 4.90 Å². The molecule has 0 saturated carbocycles. The third-order valence-electron chi connectivity index (χ3n) is 9.41. The van der Waals surface area contributed by atoms with Crippen molar-refractivity contribution in [2.45, 2.75) is 63.5 Å². The second-order valence-electron chi connectivity index (χ2n) is 13.1. The summed E-state index contributed by atoms with van der Waals surface area (Å²) < 4.78 is 0. The average molecular weight is 560 g/mol. The molecule has 41 heavy (non-hydrogen) atoms. The lowest BCUT2D eigenvalue weighted by molar-refractivity contribution is -0.141. The number of benzene rings is 2. The molecule has 3 amide bonds. The lowest BCUT2D eigenvalue weighted by Crippen LogP contribution is -2.57. The Balaban J connectivity index is 1.30. The van der Waals surface area contributed by atoms with Crippen molar-refractivity contribution in [2.24, 2.45) is 0 Å². The highest BCUT2D eigenvalue weighted by Crippen LogP contribution is 2.40. The summed E-state index contributed by atoms with van der Waals surface area (Å²) in [6, 6.07) is 18.1. The van der Waals surface area contributed by atoms with E-state index in [1.165, 1.54) is 5.56 Å². The number of carbonyl (C=O) groups is 3. The monoisotopic (exact) mass is 559 g/mol. The number of rotatable bonds is 5. The fraction of sp³-hybridized carbons (Fsp3) is 0.545. The summed E-state index contributed by atoms with van der Waals surface area (Å²) >= 11 is 0. The van der Waals surface area contributed by atoms with Gasteiger partial charge in [-0.25, -0.2) is 0 Å². The first-order valence-electron chi connectivity index (χ1n) is 15.0. The highest BCUT2D eigenvalue weighted by Gasteiger charge is 2.54. The van der Waals surface area contributed by atoms with Gasteiger partial charge >= 0.3 is 0 Å². The maximum atomic E-state index is 14.1. The molecule has 2 aromatic carbocycles. The fourth-order valence-electron chi connectivity index (χ4n) is 6.56. The minimum absolute atomic E-state index is 0.00352. The molecule has 0 unspecified atom stereocenters. The van der Waals surface area contributed by atoms with Crippen LogP contribution in [0.1, 0.15) is 62.4 Å². The standard InChI is InChI=1S/C33H45N5O3/c1-32(2,3)26-13-11-25(12-14-26)30(40)36-21-17-33(18-22-36)31(41)37(24-38(33)28-9-7-6-8-10-28)23-29(39)35(5)27-15-19-34(4)20-16-27/h6-14,27H,15-24H2,1-5H3. The predicted molar refractivity (Wildman–Crippen MR) is 162 cm³/mol. The summed E-state index contributed by atoms with van der Waals surface area (Å²) in [7, 11) is 3.99. The Morgan fingerprint density at radius 3 is 2.12 bits per heavy atom. The molecule has 3 aliphatic heterocycles. The third kappa shape index (κ3) is 5.85. The molecule has 1 spiro atoms. The van der Waals surface area contributed by atoms with Gasteiger partial charge in [0.15, 0.2) is 0 Å². The average Bonchev–Trinajstić information content (AvgIpc) is 3.23. The first kappa shape index (κ1) is 29.1. The number of likely N-dealkylation sites (tertiary alicyclic amines) is 2. The number of hydrogen-bond donors (Lipinski definition) is 0. The van der Waals surface area contributed by atoms with Crippen LogP contribution in [0.4, 0.5) is 5.69 Å². The van der Waals surface area contributed by atoms with Gasteiger partial charge in [-0.1, -0.05) is 51.1 Å². The summed E-state index contributed by atoms with van der Waals surface area (Å²) in [6.07, 6.45) is 2.97. The molecule has 8 heteroatoms. The van der Waals surface area contributed by atoms with Crippen molar-refractivity contribution in [3.8, 4) is 0 Å². The van der Waals surface area contributed by atoms with Crippen molar-refractivity contribution in [2.75, 3.05) is 58.4 Å². The molecule has 8 nitrogen and oxygen atoms in total. The molecular formula is C33H45N5O3. The molecule has 0 radical (unpaired) electrons. The van der Waals surface area contributed by atoms with Crippen molar-refractivity contribution >= 4 is 23.4 Å². The predicted octanol–water partition coefficient (Wildman–Crippen LogP) is 3.82. The Bertz CT molecular complexity index is 1240. The molecule has 0 atom stereocenters. The van der Waals surface area contributed by atoms with Gasteiger partial charge in [-0.15, -0.1) is 0 Å². The number of carbonyl (C=O) groups excluding carboxylic acids is 3. The molecule has 0 aliphatic carbocycles. The Hall–Kier alpha value is -3.39. The van der Waals surface area contributed by atoms with E-state index in [2.05, 4.69) is 37.6 Å². The largest absolute Gasteiger partial charge is 0.341 e. The molecule has 2 aromatic rings. The number of piperidine rings is 2. The fourth-order valence-corrected chi connectivity index (χ4v) is 6.56. The molecule has 0 bridgehead atoms. The van der Waals surface area contributed by atoms with E-state index in [1.807, 2.05) is 71.4 Å². The highest BCUT2D eigenvalue weighted by molar-refractivity contribution is 5.97. The van der Waals surface area contributed by atoms with Crippen LogP contribution in [0.3, 0.4) is 0 Å². The Morgan fingerprint density at radius 1 is 0.927 bits per heavy atom. The van der Waals surface area contributed by atoms with Crippen molar-refractivity contribution in [3.63, 3.8) is 0 Å². The topological polar surface area (TPSA) is 67.4 Å². The first-order valence-corrected chi connectivity index (χ1v) is 15.0. The molecule has 0 aromatic heterocycles. The number of likely N-dealkylation sites (N-methyl/N-ethyl adjacent to an activating group) is 1. The maximum Gasteiger partial charge on any atom is 0.253 e. The van der Waals surface area contributed by atoms with Crippen LogP contribution in [0, 0.1) is 0 Å². The van der Waals surface area contributed by atoms with E-state index in [9.17, 15) is 14.4 Å².